The van der Waals surface area contributed by atoms with Crippen LogP contribution in [-0.4, -0.2) is 17.7 Å². The highest BCUT2D eigenvalue weighted by atomic mass is 16.3. The van der Waals surface area contributed by atoms with Gasteiger partial charge in [-0.15, -0.1) is 0 Å². The molecule has 4 nitrogen and oxygen atoms in total. The number of hydrogen-bond acceptors (Lipinski definition) is 3. The van der Waals surface area contributed by atoms with Gasteiger partial charge in [0.05, 0.1) is 5.69 Å². The fourth-order valence-corrected chi connectivity index (χ4v) is 0.988. The predicted molar refractivity (Wildman–Crippen MR) is 51.6 cm³/mol. The monoisotopic (exact) mass is 178 g/mol. The van der Waals surface area contributed by atoms with E-state index in [0.717, 1.165) is 0 Å². The molecule has 68 valence electrons. The summed E-state index contributed by atoms with van der Waals surface area (Å²) >= 11 is 0. The van der Waals surface area contributed by atoms with Gasteiger partial charge in [0, 0.05) is 6.92 Å². The van der Waals surface area contributed by atoms with E-state index >= 15 is 0 Å². The van der Waals surface area contributed by atoms with Crippen molar-refractivity contribution in [3.8, 4) is 5.75 Å². The van der Waals surface area contributed by atoms with Gasteiger partial charge in [-0.2, -0.15) is 0 Å². The summed E-state index contributed by atoms with van der Waals surface area (Å²) in [6.45, 7) is 4.68. The van der Waals surface area contributed by atoms with Crippen LogP contribution in [0.1, 0.15) is 6.92 Å². The Balaban J connectivity index is 3.12. The van der Waals surface area contributed by atoms with E-state index in [9.17, 15) is 9.90 Å². The summed E-state index contributed by atoms with van der Waals surface area (Å²) in [5, 5.41) is 11.9. The van der Waals surface area contributed by atoms with Gasteiger partial charge in [0.25, 0.3) is 0 Å². The van der Waals surface area contributed by atoms with Crippen molar-refractivity contribution in [3.63, 3.8) is 0 Å². The second-order valence-electron chi connectivity index (χ2n) is 2.51. The summed E-state index contributed by atoms with van der Waals surface area (Å²) in [6, 6.07) is 4.75. The zero-order valence-corrected chi connectivity index (χ0v) is 7.24. The number of amides is 1. The summed E-state index contributed by atoms with van der Waals surface area (Å²) in [7, 11) is 0. The Hall–Kier alpha value is -1.84. The second kappa shape index (κ2) is 3.71. The van der Waals surface area contributed by atoms with Gasteiger partial charge in [0.15, 0.2) is 0 Å². The van der Waals surface area contributed by atoms with Crippen LogP contribution in [0.2, 0.25) is 0 Å². The maximum absolute atomic E-state index is 10.7. The Morgan fingerprint density at radius 3 is 2.85 bits per heavy atom. The molecule has 1 aromatic rings. The lowest BCUT2D eigenvalue weighted by Crippen LogP contribution is -2.05. The van der Waals surface area contributed by atoms with Crippen molar-refractivity contribution in [2.24, 2.45) is 4.99 Å². The molecule has 1 amide bonds. The second-order valence-corrected chi connectivity index (χ2v) is 2.51. The van der Waals surface area contributed by atoms with Gasteiger partial charge < -0.3 is 10.4 Å². The molecule has 0 aliphatic rings. The number of carbonyl (C=O) groups excluding carboxylic acids is 1. The largest absolute Gasteiger partial charge is 0.506 e. The number of nitrogens with zero attached hydrogens (tertiary/aromatic N) is 1. The van der Waals surface area contributed by atoms with Crippen LogP contribution in [0, 0.1) is 0 Å². The molecule has 1 rings (SSSR count). The number of anilines is 1. The van der Waals surface area contributed by atoms with Crippen molar-refractivity contribution in [1.29, 1.82) is 0 Å². The Kier molecular flexibility index (Phi) is 2.64. The highest BCUT2D eigenvalue weighted by molar-refractivity contribution is 5.93. The SMILES string of the molecule is C=Nc1c(O)cccc1NC(C)=O. The number of phenolic OH excluding ortho intramolecular Hbond substituents is 1. The lowest BCUT2D eigenvalue weighted by molar-refractivity contribution is -0.114. The number of aliphatic imine (C=N–C) groups is 1. The molecule has 0 aromatic heterocycles. The Labute approximate surface area is 75.9 Å². The number of phenols is 1. The molecule has 0 aliphatic heterocycles. The van der Waals surface area contributed by atoms with E-state index in [-0.39, 0.29) is 17.3 Å². The lowest BCUT2D eigenvalue weighted by Gasteiger charge is -2.06. The molecule has 0 fully saturated rings. The van der Waals surface area contributed by atoms with Crippen molar-refractivity contribution in [3.05, 3.63) is 18.2 Å². The Morgan fingerprint density at radius 1 is 1.62 bits per heavy atom. The first kappa shape index (κ1) is 9.25. The van der Waals surface area contributed by atoms with Crippen LogP contribution in [0.25, 0.3) is 0 Å². The molecule has 0 unspecified atom stereocenters. The molecule has 0 aliphatic carbocycles. The van der Waals surface area contributed by atoms with E-state index in [0.29, 0.717) is 5.69 Å². The molecule has 0 radical (unpaired) electrons. The van der Waals surface area contributed by atoms with E-state index in [2.05, 4.69) is 17.0 Å². The Bertz CT molecular complexity index is 347. The zero-order valence-electron chi connectivity index (χ0n) is 7.24. The average molecular weight is 178 g/mol. The maximum atomic E-state index is 10.7. The molecule has 0 spiro atoms. The van der Waals surface area contributed by atoms with Crippen molar-refractivity contribution < 1.29 is 9.90 Å². The topological polar surface area (TPSA) is 61.7 Å². The van der Waals surface area contributed by atoms with Gasteiger partial charge in [-0.3, -0.25) is 9.79 Å². The first-order valence-corrected chi connectivity index (χ1v) is 3.71. The Morgan fingerprint density at radius 2 is 2.31 bits per heavy atom. The van der Waals surface area contributed by atoms with Crippen LogP contribution >= 0.6 is 0 Å². The third kappa shape index (κ3) is 2.05. The molecular formula is C9H10N2O2. The minimum Gasteiger partial charge on any atom is -0.506 e. The van der Waals surface area contributed by atoms with E-state index in [1.54, 1.807) is 12.1 Å². The van der Waals surface area contributed by atoms with Gasteiger partial charge in [0.1, 0.15) is 11.4 Å². The van der Waals surface area contributed by atoms with E-state index in [1.165, 1.54) is 13.0 Å². The summed E-state index contributed by atoms with van der Waals surface area (Å²) in [6.07, 6.45) is 0. The number of nitrogens with one attached hydrogen (secondary N) is 1. The normalized spacial score (nSPS) is 9.31. The molecule has 1 aromatic carbocycles. The van der Waals surface area contributed by atoms with Gasteiger partial charge in [-0.1, -0.05) is 6.07 Å². The quantitative estimate of drug-likeness (QED) is 0.677. The molecule has 0 heterocycles. The third-order valence-corrected chi connectivity index (χ3v) is 1.48. The highest BCUT2D eigenvalue weighted by Gasteiger charge is 2.05. The van der Waals surface area contributed by atoms with Crippen molar-refractivity contribution in [2.45, 2.75) is 6.92 Å². The molecule has 0 atom stereocenters. The summed E-state index contributed by atoms with van der Waals surface area (Å²) in [5.41, 5.74) is 0.750. The van der Waals surface area contributed by atoms with Crippen molar-refractivity contribution in [2.75, 3.05) is 5.32 Å². The number of para-hydroxylation sites is 1. The minimum atomic E-state index is -0.212. The summed E-state index contributed by atoms with van der Waals surface area (Å²) < 4.78 is 0. The smallest absolute Gasteiger partial charge is 0.221 e. The van der Waals surface area contributed by atoms with Gasteiger partial charge in [-0.05, 0) is 18.9 Å². The molecule has 4 heteroatoms. The van der Waals surface area contributed by atoms with Crippen LogP contribution in [0.5, 0.6) is 5.75 Å². The van der Waals surface area contributed by atoms with Crippen LogP contribution in [-0.2, 0) is 4.79 Å². The standard InChI is InChI=1S/C9H10N2O2/c1-6(12)11-7-4-3-5-8(13)9(7)10-2/h3-5,13H,2H2,1H3,(H,11,12). The number of aromatic hydroxyl groups is 1. The fourth-order valence-electron chi connectivity index (χ4n) is 0.988. The molecule has 0 saturated heterocycles. The molecular weight excluding hydrogens is 168 g/mol. The number of carbonyl (C=O) groups is 1. The fraction of sp³-hybridized carbons (Fsp3) is 0.111. The molecule has 13 heavy (non-hydrogen) atoms. The lowest BCUT2D eigenvalue weighted by atomic mass is 10.2. The van der Waals surface area contributed by atoms with Gasteiger partial charge >= 0.3 is 0 Å². The van der Waals surface area contributed by atoms with Crippen LogP contribution in [0.4, 0.5) is 11.4 Å². The zero-order chi connectivity index (χ0) is 9.84. The molecule has 0 bridgehead atoms. The number of rotatable bonds is 2. The highest BCUT2D eigenvalue weighted by Crippen LogP contribution is 2.33. The number of hydrogen-bond donors (Lipinski definition) is 2. The van der Waals surface area contributed by atoms with Crippen LogP contribution in [0.3, 0.4) is 0 Å². The summed E-state index contributed by atoms with van der Waals surface area (Å²) in [4.78, 5) is 14.3. The van der Waals surface area contributed by atoms with Gasteiger partial charge in [-0.25, -0.2) is 0 Å². The van der Waals surface area contributed by atoms with Gasteiger partial charge in [0.2, 0.25) is 5.91 Å². The minimum absolute atomic E-state index is 0.00116. The van der Waals surface area contributed by atoms with E-state index < -0.39 is 0 Å². The van der Waals surface area contributed by atoms with Crippen molar-refractivity contribution in [1.82, 2.24) is 0 Å². The third-order valence-electron chi connectivity index (χ3n) is 1.48. The van der Waals surface area contributed by atoms with Crippen LogP contribution in [0.15, 0.2) is 23.2 Å². The summed E-state index contributed by atoms with van der Waals surface area (Å²) in [5.74, 6) is -0.211. The maximum Gasteiger partial charge on any atom is 0.221 e. The average Bonchev–Trinajstić information content (AvgIpc) is 2.03. The first-order valence-electron chi connectivity index (χ1n) is 3.71. The van der Waals surface area contributed by atoms with Crippen LogP contribution < -0.4 is 5.32 Å². The van der Waals surface area contributed by atoms with E-state index in [4.69, 9.17) is 0 Å². The molecule has 2 N–H and O–H groups in total. The van der Waals surface area contributed by atoms with Crippen molar-refractivity contribution >= 4 is 24.0 Å². The van der Waals surface area contributed by atoms with E-state index in [1.807, 2.05) is 0 Å². The first-order chi connectivity index (χ1) is 6.15. The molecule has 0 saturated carbocycles. The predicted octanol–water partition coefficient (Wildman–Crippen LogP) is 1.68. The number of benzene rings is 1.